The zero-order valence-electron chi connectivity index (χ0n) is 8.28. The number of nitrogens with zero attached hydrogens (tertiary/aromatic N) is 1. The zero-order chi connectivity index (χ0) is 12.2. The minimum absolute atomic E-state index is 0.00117. The van der Waals surface area contributed by atoms with Crippen molar-refractivity contribution in [2.24, 2.45) is 0 Å². The number of sulfone groups is 1. The van der Waals surface area contributed by atoms with Crippen LogP contribution in [-0.4, -0.2) is 20.1 Å². The predicted octanol–water partition coefficient (Wildman–Crippen LogP) is 2.61. The fraction of sp³-hybridized carbons (Fsp3) is 0.300. The topological polar surface area (TPSA) is 57.9 Å². The minimum atomic E-state index is -3.48. The Bertz CT molecular complexity index is 520. The maximum absolute atomic E-state index is 11.9. The first-order valence-corrected chi connectivity index (χ1v) is 7.06. The lowest BCUT2D eigenvalue weighted by molar-refractivity contribution is 0.594. The van der Waals surface area contributed by atoms with E-state index in [1.54, 1.807) is 6.07 Å². The van der Waals surface area contributed by atoms with Crippen LogP contribution in [0.4, 0.5) is 0 Å². The molecule has 0 aliphatic carbocycles. The summed E-state index contributed by atoms with van der Waals surface area (Å²) in [5, 5.41) is 9.01. The molecule has 0 aliphatic heterocycles. The third kappa shape index (κ3) is 2.88. The summed E-state index contributed by atoms with van der Waals surface area (Å²) in [5.74, 6) is 0.188. The van der Waals surface area contributed by atoms with Crippen LogP contribution in [0.1, 0.15) is 12.0 Å². The molecule has 0 amide bonds. The van der Waals surface area contributed by atoms with Crippen molar-refractivity contribution >= 4 is 33.0 Å². The van der Waals surface area contributed by atoms with Gasteiger partial charge in [-0.05, 0) is 18.6 Å². The summed E-state index contributed by atoms with van der Waals surface area (Å²) in [6.07, 6.45) is 0.348. The molecule has 1 rings (SSSR count). The van der Waals surface area contributed by atoms with E-state index in [4.69, 9.17) is 28.5 Å². The van der Waals surface area contributed by atoms with Gasteiger partial charge >= 0.3 is 0 Å². The van der Waals surface area contributed by atoms with E-state index in [-0.39, 0.29) is 27.1 Å². The van der Waals surface area contributed by atoms with Gasteiger partial charge in [-0.2, -0.15) is 5.26 Å². The number of rotatable bonds is 4. The maximum atomic E-state index is 11.9. The van der Waals surface area contributed by atoms with Crippen LogP contribution in [0, 0.1) is 11.3 Å². The van der Waals surface area contributed by atoms with E-state index in [9.17, 15) is 8.42 Å². The Balaban J connectivity index is 3.24. The van der Waals surface area contributed by atoms with Crippen molar-refractivity contribution in [2.75, 3.05) is 11.6 Å². The van der Waals surface area contributed by atoms with E-state index in [0.717, 1.165) is 0 Å². The second-order valence-electron chi connectivity index (χ2n) is 3.09. The van der Waals surface area contributed by atoms with Crippen molar-refractivity contribution in [1.82, 2.24) is 0 Å². The van der Waals surface area contributed by atoms with Gasteiger partial charge in [0, 0.05) is 5.88 Å². The van der Waals surface area contributed by atoms with Crippen LogP contribution in [0.15, 0.2) is 23.1 Å². The van der Waals surface area contributed by atoms with Gasteiger partial charge in [-0.25, -0.2) is 8.42 Å². The molecule has 0 bridgehead atoms. The average Bonchev–Trinajstić information content (AvgIpc) is 2.26. The van der Waals surface area contributed by atoms with Crippen molar-refractivity contribution in [3.63, 3.8) is 0 Å². The Morgan fingerprint density at radius 3 is 2.62 bits per heavy atom. The van der Waals surface area contributed by atoms with E-state index in [2.05, 4.69) is 0 Å². The van der Waals surface area contributed by atoms with Gasteiger partial charge in [-0.15, -0.1) is 11.6 Å². The third-order valence-electron chi connectivity index (χ3n) is 1.97. The minimum Gasteiger partial charge on any atom is -0.224 e. The molecule has 16 heavy (non-hydrogen) atoms. The molecule has 0 heterocycles. The van der Waals surface area contributed by atoms with Crippen LogP contribution in [0.25, 0.3) is 0 Å². The summed E-state index contributed by atoms with van der Waals surface area (Å²) < 4.78 is 23.7. The van der Waals surface area contributed by atoms with Crippen LogP contribution >= 0.6 is 23.2 Å². The van der Waals surface area contributed by atoms with Gasteiger partial charge < -0.3 is 0 Å². The van der Waals surface area contributed by atoms with Crippen molar-refractivity contribution in [1.29, 1.82) is 5.26 Å². The molecule has 0 radical (unpaired) electrons. The molecule has 0 unspecified atom stereocenters. The smallest absolute Gasteiger partial charge is 0.179 e. The third-order valence-corrected chi connectivity index (χ3v) is 4.39. The molecule has 0 saturated heterocycles. The average molecular weight is 278 g/mol. The fourth-order valence-corrected chi connectivity index (χ4v) is 3.29. The second kappa shape index (κ2) is 5.53. The van der Waals surface area contributed by atoms with Gasteiger partial charge in [-0.1, -0.05) is 17.7 Å². The maximum Gasteiger partial charge on any atom is 0.179 e. The molecular formula is C10H9Cl2NO2S. The van der Waals surface area contributed by atoms with Gasteiger partial charge in [0.2, 0.25) is 0 Å². The van der Waals surface area contributed by atoms with Gasteiger partial charge in [0.05, 0.1) is 21.2 Å². The highest BCUT2D eigenvalue weighted by atomic mass is 35.5. The number of hydrogen-bond donors (Lipinski definition) is 0. The Labute approximate surface area is 105 Å². The Morgan fingerprint density at radius 1 is 1.38 bits per heavy atom. The van der Waals surface area contributed by atoms with Crippen molar-refractivity contribution in [3.8, 4) is 6.07 Å². The number of halogens is 2. The Kier molecular flexibility index (Phi) is 4.60. The second-order valence-corrected chi connectivity index (χ2v) is 5.95. The quantitative estimate of drug-likeness (QED) is 0.795. The molecule has 6 heteroatoms. The van der Waals surface area contributed by atoms with Crippen LogP contribution in [-0.2, 0) is 9.84 Å². The van der Waals surface area contributed by atoms with Crippen molar-refractivity contribution in [2.45, 2.75) is 11.3 Å². The van der Waals surface area contributed by atoms with Crippen LogP contribution in [0.3, 0.4) is 0 Å². The lowest BCUT2D eigenvalue weighted by Crippen LogP contribution is -2.09. The summed E-state index contributed by atoms with van der Waals surface area (Å²) >= 11 is 11.2. The summed E-state index contributed by atoms with van der Waals surface area (Å²) in [6, 6.07) is 6.18. The van der Waals surface area contributed by atoms with Crippen LogP contribution in [0.5, 0.6) is 0 Å². The van der Waals surface area contributed by atoms with Gasteiger partial charge in [0.1, 0.15) is 6.07 Å². The molecule has 0 fully saturated rings. The van der Waals surface area contributed by atoms with Crippen molar-refractivity contribution in [3.05, 3.63) is 28.8 Å². The predicted molar refractivity (Wildman–Crippen MR) is 63.6 cm³/mol. The molecule has 0 N–H and O–H groups in total. The Hall–Kier alpha value is -0.760. The monoisotopic (exact) mass is 277 g/mol. The Morgan fingerprint density at radius 2 is 2.06 bits per heavy atom. The first-order valence-electron chi connectivity index (χ1n) is 4.50. The molecule has 0 aliphatic rings. The van der Waals surface area contributed by atoms with E-state index in [1.165, 1.54) is 18.2 Å². The van der Waals surface area contributed by atoms with Gasteiger partial charge in [-0.3, -0.25) is 0 Å². The number of hydrogen-bond acceptors (Lipinski definition) is 3. The zero-order valence-corrected chi connectivity index (χ0v) is 10.6. The molecule has 0 spiro atoms. The number of alkyl halides is 1. The number of nitriles is 1. The first-order chi connectivity index (χ1) is 7.53. The standard InChI is InChI=1S/C10H9Cl2NO2S/c11-5-2-6-16(14,15)10-4-1-3-9(12)8(10)7-13/h1,3-4H,2,5-6H2. The van der Waals surface area contributed by atoms with E-state index in [0.29, 0.717) is 6.42 Å². The molecule has 0 saturated carbocycles. The van der Waals surface area contributed by atoms with Crippen LogP contribution < -0.4 is 0 Å². The molecule has 0 atom stereocenters. The highest BCUT2D eigenvalue weighted by molar-refractivity contribution is 7.91. The number of benzene rings is 1. The molecule has 1 aromatic carbocycles. The summed E-state index contributed by atoms with van der Waals surface area (Å²) in [5.41, 5.74) is -0.00117. The SMILES string of the molecule is N#Cc1c(Cl)cccc1S(=O)(=O)CCCCl. The fourth-order valence-electron chi connectivity index (χ4n) is 1.23. The largest absolute Gasteiger partial charge is 0.224 e. The van der Waals surface area contributed by atoms with Gasteiger partial charge in [0.15, 0.2) is 9.84 Å². The van der Waals surface area contributed by atoms with E-state index < -0.39 is 9.84 Å². The normalized spacial score (nSPS) is 11.1. The van der Waals surface area contributed by atoms with Crippen molar-refractivity contribution < 1.29 is 8.42 Å². The summed E-state index contributed by atoms with van der Waals surface area (Å²) in [4.78, 5) is -0.0207. The molecular weight excluding hydrogens is 269 g/mol. The molecule has 1 aromatic rings. The highest BCUT2D eigenvalue weighted by Crippen LogP contribution is 2.24. The van der Waals surface area contributed by atoms with E-state index in [1.807, 2.05) is 0 Å². The summed E-state index contributed by atoms with van der Waals surface area (Å²) in [7, 11) is -3.48. The van der Waals surface area contributed by atoms with E-state index >= 15 is 0 Å². The first kappa shape index (κ1) is 13.3. The lowest BCUT2D eigenvalue weighted by atomic mass is 10.2. The molecule has 86 valence electrons. The van der Waals surface area contributed by atoms with Gasteiger partial charge in [0.25, 0.3) is 0 Å². The molecule has 3 nitrogen and oxygen atoms in total. The molecule has 0 aromatic heterocycles. The van der Waals surface area contributed by atoms with Crippen LogP contribution in [0.2, 0.25) is 5.02 Å². The lowest BCUT2D eigenvalue weighted by Gasteiger charge is -2.06. The summed E-state index contributed by atoms with van der Waals surface area (Å²) in [6.45, 7) is 0. The highest BCUT2D eigenvalue weighted by Gasteiger charge is 2.19.